The molecular weight excluding hydrogens is 554 g/mol. The van der Waals surface area contributed by atoms with Gasteiger partial charge in [0.05, 0.1) is 12.8 Å². The van der Waals surface area contributed by atoms with Crippen LogP contribution in [0.15, 0.2) is 72.8 Å². The molecule has 0 bridgehead atoms. The van der Waals surface area contributed by atoms with Crippen molar-refractivity contribution in [2.75, 3.05) is 7.11 Å². The quantitative estimate of drug-likeness (QED) is 0.183. The number of ether oxygens (including phenoxy) is 1. The smallest absolute Gasteiger partial charge is 0.332 e. The highest BCUT2D eigenvalue weighted by Crippen LogP contribution is 2.34. The first kappa shape index (κ1) is 29.0. The molecule has 0 saturated heterocycles. The summed E-state index contributed by atoms with van der Waals surface area (Å²) in [6.45, 7) is 2.50. The van der Waals surface area contributed by atoms with Crippen molar-refractivity contribution in [2.24, 2.45) is 5.73 Å². The van der Waals surface area contributed by atoms with Crippen LogP contribution in [0.2, 0.25) is 5.15 Å². The molecule has 0 spiro atoms. The SMILES string of the molecule is CCCCc1nc(Cl)c([C@@](N)(Cc2ccc(O)cc2)C(=O)OC)n1Cc1ccc(-c2ccccc2-c2nn[nH]n2)cc1. The lowest BCUT2D eigenvalue weighted by Crippen LogP contribution is -2.49. The van der Waals surface area contributed by atoms with Gasteiger partial charge in [0.2, 0.25) is 5.82 Å². The zero-order valence-corrected chi connectivity index (χ0v) is 24.2. The summed E-state index contributed by atoms with van der Waals surface area (Å²) in [4.78, 5) is 18.0. The molecule has 10 nitrogen and oxygen atoms in total. The molecule has 0 saturated carbocycles. The van der Waals surface area contributed by atoms with Crippen LogP contribution < -0.4 is 5.73 Å². The number of aryl methyl sites for hydroxylation is 1. The molecule has 5 rings (SSSR count). The van der Waals surface area contributed by atoms with Crippen molar-refractivity contribution >= 4 is 17.6 Å². The fourth-order valence-corrected chi connectivity index (χ4v) is 5.50. The van der Waals surface area contributed by atoms with E-state index in [1.54, 1.807) is 24.3 Å². The van der Waals surface area contributed by atoms with Crippen molar-refractivity contribution in [3.8, 4) is 28.3 Å². The Balaban J connectivity index is 1.54. The number of hydrogen-bond donors (Lipinski definition) is 3. The van der Waals surface area contributed by atoms with Gasteiger partial charge in [-0.15, -0.1) is 10.2 Å². The lowest BCUT2D eigenvalue weighted by Gasteiger charge is -2.29. The van der Waals surface area contributed by atoms with E-state index >= 15 is 0 Å². The molecule has 1 atom stereocenters. The van der Waals surface area contributed by atoms with Crippen molar-refractivity contribution in [1.82, 2.24) is 30.2 Å². The third kappa shape index (κ3) is 5.90. The average Bonchev–Trinajstić information content (AvgIpc) is 3.65. The second-order valence-electron chi connectivity index (χ2n) is 10.1. The Hall–Kier alpha value is -4.54. The van der Waals surface area contributed by atoms with E-state index in [4.69, 9.17) is 22.1 Å². The first-order valence-corrected chi connectivity index (χ1v) is 14.0. The van der Waals surface area contributed by atoms with Crippen LogP contribution >= 0.6 is 11.6 Å². The van der Waals surface area contributed by atoms with Crippen LogP contribution in [0.5, 0.6) is 5.75 Å². The lowest BCUT2D eigenvalue weighted by atomic mass is 9.88. The number of benzene rings is 3. The molecule has 0 radical (unpaired) electrons. The normalized spacial score (nSPS) is 12.7. The summed E-state index contributed by atoms with van der Waals surface area (Å²) in [5, 5.41) is 24.4. The van der Waals surface area contributed by atoms with Gasteiger partial charge in [0.15, 0.2) is 10.7 Å². The van der Waals surface area contributed by atoms with Gasteiger partial charge in [0.25, 0.3) is 0 Å². The van der Waals surface area contributed by atoms with E-state index in [0.29, 0.717) is 24.5 Å². The Morgan fingerprint density at radius 1 is 1.05 bits per heavy atom. The zero-order valence-electron chi connectivity index (χ0n) is 23.4. The summed E-state index contributed by atoms with van der Waals surface area (Å²) in [7, 11) is 1.30. The molecule has 4 N–H and O–H groups in total. The topological polar surface area (TPSA) is 145 Å². The predicted molar refractivity (Wildman–Crippen MR) is 160 cm³/mol. The minimum absolute atomic E-state index is 0.102. The van der Waals surface area contributed by atoms with Crippen LogP contribution in [0.25, 0.3) is 22.5 Å². The Kier molecular flexibility index (Phi) is 8.65. The van der Waals surface area contributed by atoms with Crippen molar-refractivity contribution in [3.05, 3.63) is 101 Å². The Bertz CT molecular complexity index is 1650. The summed E-state index contributed by atoms with van der Waals surface area (Å²) >= 11 is 6.76. The van der Waals surface area contributed by atoms with Crippen LogP contribution in [-0.2, 0) is 34.5 Å². The first-order chi connectivity index (χ1) is 20.3. The Labute approximate surface area is 248 Å². The van der Waals surface area contributed by atoms with Gasteiger partial charge >= 0.3 is 5.97 Å². The molecule has 2 aromatic heterocycles. The number of phenolic OH excluding ortho intramolecular Hbond substituents is 1. The fraction of sp³-hybridized carbons (Fsp3) is 0.258. The number of carbonyl (C=O) groups is 1. The Morgan fingerprint density at radius 3 is 2.38 bits per heavy atom. The molecule has 0 aliphatic carbocycles. The molecule has 42 heavy (non-hydrogen) atoms. The van der Waals surface area contributed by atoms with Crippen LogP contribution in [-0.4, -0.2) is 48.4 Å². The zero-order chi connectivity index (χ0) is 29.7. The number of carbonyl (C=O) groups excluding carboxylic acids is 1. The summed E-state index contributed by atoms with van der Waals surface area (Å²) in [6, 6.07) is 22.5. The van der Waals surface area contributed by atoms with E-state index in [-0.39, 0.29) is 17.3 Å². The maximum Gasteiger partial charge on any atom is 0.332 e. The molecule has 216 valence electrons. The number of methoxy groups -OCH3 is 1. The van der Waals surface area contributed by atoms with Crippen molar-refractivity contribution < 1.29 is 14.6 Å². The highest BCUT2D eigenvalue weighted by atomic mass is 35.5. The van der Waals surface area contributed by atoms with E-state index < -0.39 is 11.5 Å². The number of nitrogens with two attached hydrogens (primary N) is 1. The minimum atomic E-state index is -1.62. The average molecular weight is 586 g/mol. The molecule has 11 heteroatoms. The summed E-state index contributed by atoms with van der Waals surface area (Å²) in [6.07, 6.45) is 2.63. The number of unbranched alkanes of at least 4 members (excludes halogenated alkanes) is 1. The van der Waals surface area contributed by atoms with Crippen LogP contribution in [0.3, 0.4) is 0 Å². The third-order valence-corrected chi connectivity index (χ3v) is 7.53. The van der Waals surface area contributed by atoms with E-state index in [9.17, 15) is 9.90 Å². The van der Waals surface area contributed by atoms with Crippen molar-refractivity contribution in [1.29, 1.82) is 0 Å². The molecule has 3 aromatic carbocycles. The molecule has 0 aliphatic rings. The number of hydrogen-bond acceptors (Lipinski definition) is 8. The van der Waals surface area contributed by atoms with E-state index in [1.165, 1.54) is 7.11 Å². The molecule has 5 aromatic rings. The number of tetrazole rings is 1. The molecular formula is C31H32ClN7O3. The van der Waals surface area contributed by atoms with Gasteiger partial charge in [0, 0.05) is 24.9 Å². The molecule has 0 unspecified atom stereocenters. The van der Waals surface area contributed by atoms with Gasteiger partial charge in [-0.2, -0.15) is 5.21 Å². The van der Waals surface area contributed by atoms with Crippen LogP contribution in [0.1, 0.15) is 42.4 Å². The largest absolute Gasteiger partial charge is 0.508 e. The van der Waals surface area contributed by atoms with Crippen LogP contribution in [0.4, 0.5) is 0 Å². The summed E-state index contributed by atoms with van der Waals surface area (Å²) < 4.78 is 7.13. The van der Waals surface area contributed by atoms with Gasteiger partial charge in [-0.1, -0.05) is 85.6 Å². The number of rotatable bonds is 11. The summed E-state index contributed by atoms with van der Waals surface area (Å²) in [5.41, 5.74) is 10.2. The highest BCUT2D eigenvalue weighted by molar-refractivity contribution is 6.30. The molecule has 0 fully saturated rings. The fourth-order valence-electron chi connectivity index (χ4n) is 5.14. The standard InChI is InChI=1S/C31H32ClN7O3/c1-3-4-9-26-34-28(32)27(31(33,30(41)42-2)18-20-12-16-23(40)17-13-20)39(26)19-21-10-14-22(15-11-21)24-7-5-6-8-25(24)29-35-37-38-36-29/h5-8,10-17,40H,3-4,9,18-19,33H2,1-2H3,(H,35,36,37,38)/t31-/m0/s1. The number of aromatic hydroxyl groups is 1. The first-order valence-electron chi connectivity index (χ1n) is 13.7. The number of nitrogens with one attached hydrogen (secondary N) is 1. The van der Waals surface area contributed by atoms with E-state index in [1.807, 2.05) is 53.1 Å². The second-order valence-corrected chi connectivity index (χ2v) is 10.5. The monoisotopic (exact) mass is 585 g/mol. The number of esters is 1. The number of aromatic nitrogens is 6. The highest BCUT2D eigenvalue weighted by Gasteiger charge is 2.43. The number of imidazole rings is 1. The van der Waals surface area contributed by atoms with E-state index in [0.717, 1.165) is 46.5 Å². The maximum absolute atomic E-state index is 13.3. The van der Waals surface area contributed by atoms with Gasteiger partial charge < -0.3 is 20.1 Å². The van der Waals surface area contributed by atoms with E-state index in [2.05, 4.69) is 32.5 Å². The predicted octanol–water partition coefficient (Wildman–Crippen LogP) is 5.05. The number of aromatic amines is 1. The van der Waals surface area contributed by atoms with Gasteiger partial charge in [-0.25, -0.2) is 9.78 Å². The number of phenols is 1. The molecule has 0 amide bonds. The minimum Gasteiger partial charge on any atom is -0.508 e. The number of halogens is 1. The Morgan fingerprint density at radius 2 is 1.74 bits per heavy atom. The lowest BCUT2D eigenvalue weighted by molar-refractivity contribution is -0.147. The molecule has 0 aliphatic heterocycles. The second kappa shape index (κ2) is 12.5. The maximum atomic E-state index is 13.3. The van der Waals surface area contributed by atoms with Gasteiger partial charge in [0.1, 0.15) is 11.6 Å². The third-order valence-electron chi connectivity index (χ3n) is 7.27. The summed E-state index contributed by atoms with van der Waals surface area (Å²) in [5.74, 6) is 0.748. The van der Waals surface area contributed by atoms with Gasteiger partial charge in [-0.05, 0) is 46.0 Å². The number of nitrogens with zero attached hydrogens (tertiary/aromatic N) is 5. The molecule has 2 heterocycles. The van der Waals surface area contributed by atoms with Crippen molar-refractivity contribution in [3.63, 3.8) is 0 Å². The van der Waals surface area contributed by atoms with Crippen LogP contribution in [0, 0.1) is 0 Å². The van der Waals surface area contributed by atoms with Gasteiger partial charge in [-0.3, -0.25) is 0 Å². The van der Waals surface area contributed by atoms with Crippen molar-refractivity contribution in [2.45, 2.75) is 44.7 Å². The number of H-pyrrole nitrogens is 1.